The lowest BCUT2D eigenvalue weighted by atomic mass is 9.74. The molecule has 1 unspecified atom stereocenters. The minimum Gasteiger partial charge on any atom is -0.351 e. The van der Waals surface area contributed by atoms with E-state index in [1.807, 2.05) is 0 Å². The summed E-state index contributed by atoms with van der Waals surface area (Å²) in [5, 5.41) is 0. The fourth-order valence-electron chi connectivity index (χ4n) is 3.40. The number of aromatic nitrogens is 1. The van der Waals surface area contributed by atoms with Gasteiger partial charge in [0.2, 0.25) is 0 Å². The van der Waals surface area contributed by atoms with Gasteiger partial charge in [-0.15, -0.1) is 0 Å². The third-order valence-corrected chi connectivity index (χ3v) is 4.42. The first kappa shape index (κ1) is 13.4. The van der Waals surface area contributed by atoms with Crippen molar-refractivity contribution >= 4 is 0 Å². The van der Waals surface area contributed by atoms with Crippen molar-refractivity contribution in [2.45, 2.75) is 45.7 Å². The first-order valence-corrected chi connectivity index (χ1v) is 7.53. The van der Waals surface area contributed by atoms with E-state index in [2.05, 4.69) is 61.0 Å². The molecule has 0 saturated heterocycles. The van der Waals surface area contributed by atoms with E-state index in [1.165, 1.54) is 16.8 Å². The van der Waals surface area contributed by atoms with Crippen molar-refractivity contribution in [3.63, 3.8) is 0 Å². The van der Waals surface area contributed by atoms with Crippen molar-refractivity contribution < 1.29 is 0 Å². The minimum absolute atomic E-state index is 0.201. The van der Waals surface area contributed by atoms with Crippen molar-refractivity contribution in [2.75, 3.05) is 0 Å². The monoisotopic (exact) mass is 268 g/mol. The van der Waals surface area contributed by atoms with Gasteiger partial charge in [-0.2, -0.15) is 0 Å². The summed E-state index contributed by atoms with van der Waals surface area (Å²) >= 11 is 0. The van der Waals surface area contributed by atoms with Gasteiger partial charge in [-0.05, 0) is 41.9 Å². The van der Waals surface area contributed by atoms with Gasteiger partial charge in [0, 0.05) is 24.5 Å². The highest BCUT2D eigenvalue weighted by Gasteiger charge is 2.32. The van der Waals surface area contributed by atoms with Crippen molar-refractivity contribution in [3.05, 3.63) is 59.4 Å². The number of hydrogen-bond acceptors (Lipinski definition) is 1. The largest absolute Gasteiger partial charge is 0.351 e. The van der Waals surface area contributed by atoms with Gasteiger partial charge in [0.05, 0.1) is 0 Å². The second-order valence-corrected chi connectivity index (χ2v) is 6.80. The zero-order valence-electron chi connectivity index (χ0n) is 12.5. The Balaban J connectivity index is 1.79. The maximum atomic E-state index is 6.33. The first-order valence-electron chi connectivity index (χ1n) is 7.53. The van der Waals surface area contributed by atoms with Crippen LogP contribution in [0, 0.1) is 5.41 Å². The van der Waals surface area contributed by atoms with Gasteiger partial charge in [0.25, 0.3) is 0 Å². The fraction of sp³-hybridized carbons (Fsp3) is 0.444. The average molecular weight is 268 g/mol. The van der Waals surface area contributed by atoms with Gasteiger partial charge in [-0.25, -0.2) is 0 Å². The van der Waals surface area contributed by atoms with Crippen molar-refractivity contribution in [3.8, 4) is 0 Å². The molecular formula is C18H24N2. The highest BCUT2D eigenvalue weighted by Crippen LogP contribution is 2.39. The second-order valence-electron chi connectivity index (χ2n) is 6.80. The van der Waals surface area contributed by atoms with Crippen LogP contribution >= 0.6 is 0 Å². The highest BCUT2D eigenvalue weighted by atomic mass is 15.0. The maximum Gasteiger partial charge on any atom is 0.0318 e. The molecule has 1 aromatic heterocycles. The Morgan fingerprint density at radius 2 is 1.95 bits per heavy atom. The average Bonchev–Trinajstić information content (AvgIpc) is 2.79. The third-order valence-electron chi connectivity index (χ3n) is 4.42. The Kier molecular flexibility index (Phi) is 3.43. The van der Waals surface area contributed by atoms with Gasteiger partial charge in [-0.3, -0.25) is 0 Å². The lowest BCUT2D eigenvalue weighted by Crippen LogP contribution is -2.30. The van der Waals surface area contributed by atoms with E-state index >= 15 is 0 Å². The Bertz CT molecular complexity index is 581. The first-order chi connectivity index (χ1) is 9.55. The molecule has 1 atom stereocenters. The van der Waals surface area contributed by atoms with Crippen LogP contribution in [0.4, 0.5) is 0 Å². The molecule has 0 aliphatic heterocycles. The minimum atomic E-state index is 0.201. The molecule has 2 nitrogen and oxygen atoms in total. The molecule has 1 heterocycles. The van der Waals surface area contributed by atoms with Gasteiger partial charge >= 0.3 is 0 Å². The van der Waals surface area contributed by atoms with Crippen LogP contribution in [0.5, 0.6) is 0 Å². The summed E-state index contributed by atoms with van der Waals surface area (Å²) in [7, 11) is 0. The van der Waals surface area contributed by atoms with E-state index in [0.717, 1.165) is 25.8 Å². The molecule has 2 N–H and O–H groups in total. The van der Waals surface area contributed by atoms with Crippen LogP contribution < -0.4 is 5.73 Å². The summed E-state index contributed by atoms with van der Waals surface area (Å²) in [5.41, 5.74) is 10.8. The van der Waals surface area contributed by atoms with Crippen molar-refractivity contribution in [1.29, 1.82) is 0 Å². The standard InChI is InChI=1S/C18H24N2/c1-18(2)12-16(19)15-9-11-20(17(15)13-18)10-8-14-6-4-3-5-7-14/h3-7,9,11,16H,8,10,12-13,19H2,1-2H3. The normalized spacial score (nSPS) is 20.6. The van der Waals surface area contributed by atoms with Crippen LogP contribution in [-0.4, -0.2) is 4.57 Å². The predicted octanol–water partition coefficient (Wildman–Crippen LogP) is 3.70. The van der Waals surface area contributed by atoms with Gasteiger partial charge < -0.3 is 10.3 Å². The molecule has 0 amide bonds. The molecule has 2 aromatic rings. The summed E-state index contributed by atoms with van der Waals surface area (Å²) < 4.78 is 2.41. The number of rotatable bonds is 3. The van der Waals surface area contributed by atoms with Crippen LogP contribution in [0.25, 0.3) is 0 Å². The zero-order valence-corrected chi connectivity index (χ0v) is 12.5. The Morgan fingerprint density at radius 1 is 1.20 bits per heavy atom. The molecule has 0 radical (unpaired) electrons. The number of nitrogens with zero attached hydrogens (tertiary/aromatic N) is 1. The van der Waals surface area contributed by atoms with E-state index in [-0.39, 0.29) is 6.04 Å². The summed E-state index contributed by atoms with van der Waals surface area (Å²) in [6, 6.07) is 13.1. The van der Waals surface area contributed by atoms with E-state index in [9.17, 15) is 0 Å². The molecular weight excluding hydrogens is 244 g/mol. The number of fused-ring (bicyclic) bond motifs is 1. The highest BCUT2D eigenvalue weighted by molar-refractivity contribution is 5.30. The second kappa shape index (κ2) is 5.10. The Labute approximate surface area is 121 Å². The molecule has 106 valence electrons. The number of nitrogens with two attached hydrogens (primary N) is 1. The maximum absolute atomic E-state index is 6.33. The SMILES string of the molecule is CC1(C)Cc2c(ccn2CCc2ccccc2)C(N)C1. The van der Waals surface area contributed by atoms with Crippen molar-refractivity contribution in [2.24, 2.45) is 11.1 Å². The molecule has 0 saturated carbocycles. The van der Waals surface area contributed by atoms with E-state index in [4.69, 9.17) is 5.73 Å². The summed E-state index contributed by atoms with van der Waals surface area (Å²) in [5.74, 6) is 0. The quantitative estimate of drug-likeness (QED) is 0.904. The molecule has 1 aliphatic rings. The van der Waals surface area contributed by atoms with Gasteiger partial charge in [-0.1, -0.05) is 44.2 Å². The molecule has 0 spiro atoms. The van der Waals surface area contributed by atoms with E-state index < -0.39 is 0 Å². The van der Waals surface area contributed by atoms with Crippen LogP contribution in [0.3, 0.4) is 0 Å². The van der Waals surface area contributed by atoms with Crippen LogP contribution in [0.2, 0.25) is 0 Å². The van der Waals surface area contributed by atoms with Crippen LogP contribution in [0.15, 0.2) is 42.6 Å². The zero-order chi connectivity index (χ0) is 14.2. The van der Waals surface area contributed by atoms with Crippen LogP contribution in [0.1, 0.15) is 43.1 Å². The fourth-order valence-corrected chi connectivity index (χ4v) is 3.40. The molecule has 0 bridgehead atoms. The molecule has 0 fully saturated rings. The van der Waals surface area contributed by atoms with Crippen molar-refractivity contribution in [1.82, 2.24) is 4.57 Å². The molecule has 3 rings (SSSR count). The van der Waals surface area contributed by atoms with E-state index in [0.29, 0.717) is 5.41 Å². The molecule has 1 aliphatic carbocycles. The number of hydrogen-bond donors (Lipinski definition) is 1. The number of benzene rings is 1. The van der Waals surface area contributed by atoms with Gasteiger partial charge in [0.15, 0.2) is 0 Å². The van der Waals surface area contributed by atoms with Crippen LogP contribution in [-0.2, 0) is 19.4 Å². The predicted molar refractivity (Wildman–Crippen MR) is 83.6 cm³/mol. The summed E-state index contributed by atoms with van der Waals surface area (Å²) in [4.78, 5) is 0. The smallest absolute Gasteiger partial charge is 0.0318 e. The summed E-state index contributed by atoms with van der Waals surface area (Å²) in [6.45, 7) is 5.69. The summed E-state index contributed by atoms with van der Waals surface area (Å²) in [6.07, 6.45) is 5.52. The topological polar surface area (TPSA) is 30.9 Å². The number of aryl methyl sites for hydroxylation is 2. The Morgan fingerprint density at radius 3 is 2.70 bits per heavy atom. The van der Waals surface area contributed by atoms with E-state index in [1.54, 1.807) is 0 Å². The lowest BCUT2D eigenvalue weighted by Gasteiger charge is -2.34. The third kappa shape index (κ3) is 2.66. The molecule has 2 heteroatoms. The van der Waals surface area contributed by atoms with Gasteiger partial charge in [0.1, 0.15) is 0 Å². The molecule has 20 heavy (non-hydrogen) atoms. The Hall–Kier alpha value is -1.54. The lowest BCUT2D eigenvalue weighted by molar-refractivity contribution is 0.275. The molecule has 1 aromatic carbocycles.